The second kappa shape index (κ2) is 7.30. The van der Waals surface area contributed by atoms with E-state index in [9.17, 15) is 4.79 Å². The minimum absolute atomic E-state index is 0.357. The lowest BCUT2D eigenvalue weighted by molar-refractivity contribution is 0.0693. The van der Waals surface area contributed by atoms with Crippen molar-refractivity contribution < 1.29 is 9.90 Å². The zero-order chi connectivity index (χ0) is 11.8. The highest BCUT2D eigenvalue weighted by atomic mass is 32.2. The standard InChI is InChI=1S/C12H17NO2S/c1-2-3-6-9-13-16-11-8-5-4-7-10(11)12(14)15/h4-5,7-8,13H,2-3,6,9H2,1H3,(H,14,15). The number of benzene rings is 1. The highest BCUT2D eigenvalue weighted by Crippen LogP contribution is 2.19. The average Bonchev–Trinajstić information content (AvgIpc) is 2.29. The molecule has 0 saturated carbocycles. The molecule has 4 heteroatoms. The maximum Gasteiger partial charge on any atom is 0.336 e. The summed E-state index contributed by atoms with van der Waals surface area (Å²) >= 11 is 1.39. The molecular formula is C12H17NO2S. The van der Waals surface area contributed by atoms with Gasteiger partial charge in [-0.2, -0.15) is 0 Å². The Morgan fingerprint density at radius 2 is 2.12 bits per heavy atom. The smallest absolute Gasteiger partial charge is 0.336 e. The van der Waals surface area contributed by atoms with E-state index in [1.54, 1.807) is 12.1 Å². The van der Waals surface area contributed by atoms with Crippen LogP contribution in [0.5, 0.6) is 0 Å². The van der Waals surface area contributed by atoms with Crippen LogP contribution in [0.15, 0.2) is 29.2 Å². The molecule has 0 spiro atoms. The molecule has 0 amide bonds. The van der Waals surface area contributed by atoms with Gasteiger partial charge in [0.05, 0.1) is 5.56 Å². The Morgan fingerprint density at radius 3 is 2.81 bits per heavy atom. The van der Waals surface area contributed by atoms with E-state index < -0.39 is 5.97 Å². The molecule has 1 aromatic carbocycles. The monoisotopic (exact) mass is 239 g/mol. The summed E-state index contributed by atoms with van der Waals surface area (Å²) in [6, 6.07) is 7.03. The summed E-state index contributed by atoms with van der Waals surface area (Å²) in [7, 11) is 0. The molecule has 0 atom stereocenters. The molecule has 0 aromatic heterocycles. The molecule has 88 valence electrons. The van der Waals surface area contributed by atoms with Gasteiger partial charge in [-0.15, -0.1) is 0 Å². The van der Waals surface area contributed by atoms with Crippen molar-refractivity contribution in [2.45, 2.75) is 31.1 Å². The van der Waals surface area contributed by atoms with E-state index in [2.05, 4.69) is 11.6 Å². The van der Waals surface area contributed by atoms with Crippen LogP contribution in [-0.4, -0.2) is 17.6 Å². The molecule has 1 rings (SSSR count). The van der Waals surface area contributed by atoms with E-state index in [0.29, 0.717) is 5.56 Å². The van der Waals surface area contributed by atoms with Gasteiger partial charge in [0.25, 0.3) is 0 Å². The molecule has 3 nitrogen and oxygen atoms in total. The normalized spacial score (nSPS) is 10.3. The van der Waals surface area contributed by atoms with Gasteiger partial charge in [-0.3, -0.25) is 4.72 Å². The predicted molar refractivity (Wildman–Crippen MR) is 66.8 cm³/mol. The van der Waals surface area contributed by atoms with Crippen molar-refractivity contribution in [3.63, 3.8) is 0 Å². The second-order valence-electron chi connectivity index (χ2n) is 3.50. The van der Waals surface area contributed by atoms with E-state index in [1.165, 1.54) is 24.8 Å². The van der Waals surface area contributed by atoms with E-state index >= 15 is 0 Å². The Morgan fingerprint density at radius 1 is 1.38 bits per heavy atom. The van der Waals surface area contributed by atoms with Crippen molar-refractivity contribution in [2.75, 3.05) is 6.54 Å². The number of unbranched alkanes of at least 4 members (excludes halogenated alkanes) is 2. The van der Waals surface area contributed by atoms with Crippen LogP contribution in [0.25, 0.3) is 0 Å². The van der Waals surface area contributed by atoms with Crippen LogP contribution in [-0.2, 0) is 0 Å². The molecule has 16 heavy (non-hydrogen) atoms. The Hall–Kier alpha value is -1.00. The van der Waals surface area contributed by atoms with Crippen molar-refractivity contribution in [1.82, 2.24) is 4.72 Å². The summed E-state index contributed by atoms with van der Waals surface area (Å²) in [6.45, 7) is 3.07. The third kappa shape index (κ3) is 4.24. The molecule has 0 unspecified atom stereocenters. The molecule has 0 saturated heterocycles. The highest BCUT2D eigenvalue weighted by Gasteiger charge is 2.08. The summed E-state index contributed by atoms with van der Waals surface area (Å²) in [6.07, 6.45) is 3.52. The van der Waals surface area contributed by atoms with E-state index in [0.717, 1.165) is 17.9 Å². The maximum atomic E-state index is 10.9. The van der Waals surface area contributed by atoms with Crippen LogP contribution in [0, 0.1) is 0 Å². The summed E-state index contributed by atoms with van der Waals surface area (Å²) in [5.74, 6) is -0.876. The molecule has 0 aliphatic heterocycles. The fourth-order valence-electron chi connectivity index (χ4n) is 1.31. The van der Waals surface area contributed by atoms with Crippen molar-refractivity contribution in [3.05, 3.63) is 29.8 Å². The van der Waals surface area contributed by atoms with Crippen LogP contribution >= 0.6 is 11.9 Å². The fraction of sp³-hybridized carbons (Fsp3) is 0.417. The van der Waals surface area contributed by atoms with E-state index in [1.807, 2.05) is 12.1 Å². The molecule has 0 fully saturated rings. The summed E-state index contributed by atoms with van der Waals surface area (Å²) < 4.78 is 3.19. The third-order valence-electron chi connectivity index (χ3n) is 2.18. The third-order valence-corrected chi connectivity index (χ3v) is 3.11. The van der Waals surface area contributed by atoms with Gasteiger partial charge in [0.2, 0.25) is 0 Å². The minimum Gasteiger partial charge on any atom is -0.478 e. The van der Waals surface area contributed by atoms with Gasteiger partial charge in [-0.25, -0.2) is 4.79 Å². The largest absolute Gasteiger partial charge is 0.478 e. The lowest BCUT2D eigenvalue weighted by atomic mass is 10.2. The SMILES string of the molecule is CCCCCNSc1ccccc1C(=O)O. The lowest BCUT2D eigenvalue weighted by Crippen LogP contribution is -2.07. The first-order valence-corrected chi connectivity index (χ1v) is 6.29. The molecule has 0 heterocycles. The average molecular weight is 239 g/mol. The zero-order valence-electron chi connectivity index (χ0n) is 9.40. The van der Waals surface area contributed by atoms with Gasteiger partial charge in [-0.1, -0.05) is 31.9 Å². The molecule has 2 N–H and O–H groups in total. The van der Waals surface area contributed by atoms with E-state index in [4.69, 9.17) is 5.11 Å². The minimum atomic E-state index is -0.876. The van der Waals surface area contributed by atoms with Gasteiger partial charge in [-0.05, 0) is 30.5 Å². The number of carboxylic acids is 1. The summed E-state index contributed by atoms with van der Waals surface area (Å²) in [5.41, 5.74) is 0.357. The van der Waals surface area contributed by atoms with Crippen molar-refractivity contribution in [1.29, 1.82) is 0 Å². The lowest BCUT2D eigenvalue weighted by Gasteiger charge is -2.06. The van der Waals surface area contributed by atoms with Crippen LogP contribution in [0.4, 0.5) is 0 Å². The number of carboxylic acid groups (broad SMARTS) is 1. The molecule has 0 bridgehead atoms. The van der Waals surface area contributed by atoms with Crippen molar-refractivity contribution in [2.24, 2.45) is 0 Å². The van der Waals surface area contributed by atoms with E-state index in [-0.39, 0.29) is 0 Å². The van der Waals surface area contributed by atoms with Crippen LogP contribution < -0.4 is 4.72 Å². The number of nitrogens with one attached hydrogen (secondary N) is 1. The van der Waals surface area contributed by atoms with Crippen LogP contribution in [0.2, 0.25) is 0 Å². The van der Waals surface area contributed by atoms with Gasteiger partial charge in [0.15, 0.2) is 0 Å². The maximum absolute atomic E-state index is 10.9. The zero-order valence-corrected chi connectivity index (χ0v) is 10.2. The van der Waals surface area contributed by atoms with Gasteiger partial charge in [0, 0.05) is 11.4 Å². The molecule has 0 radical (unpaired) electrons. The second-order valence-corrected chi connectivity index (χ2v) is 4.44. The number of rotatable bonds is 7. The van der Waals surface area contributed by atoms with Gasteiger partial charge in [0.1, 0.15) is 0 Å². The molecule has 0 aliphatic rings. The molecule has 0 aliphatic carbocycles. The predicted octanol–water partition coefficient (Wildman–Crippen LogP) is 3.17. The fourth-order valence-corrected chi connectivity index (χ4v) is 2.12. The van der Waals surface area contributed by atoms with Gasteiger partial charge < -0.3 is 5.11 Å². The number of carbonyl (C=O) groups is 1. The van der Waals surface area contributed by atoms with Crippen LogP contribution in [0.1, 0.15) is 36.5 Å². The molecular weight excluding hydrogens is 222 g/mol. The highest BCUT2D eigenvalue weighted by molar-refractivity contribution is 7.97. The summed E-state index contributed by atoms with van der Waals surface area (Å²) in [5, 5.41) is 8.97. The summed E-state index contributed by atoms with van der Waals surface area (Å²) in [4.78, 5) is 11.7. The Kier molecular flexibility index (Phi) is 5.96. The first-order valence-electron chi connectivity index (χ1n) is 5.47. The number of hydrogen-bond donors (Lipinski definition) is 2. The number of aromatic carboxylic acids is 1. The van der Waals surface area contributed by atoms with Crippen molar-refractivity contribution in [3.8, 4) is 0 Å². The quantitative estimate of drug-likeness (QED) is 0.567. The number of hydrogen-bond acceptors (Lipinski definition) is 3. The van der Waals surface area contributed by atoms with Gasteiger partial charge >= 0.3 is 5.97 Å². The van der Waals surface area contributed by atoms with Crippen molar-refractivity contribution >= 4 is 17.9 Å². The first kappa shape index (κ1) is 13.1. The first-order chi connectivity index (χ1) is 7.75. The van der Waals surface area contributed by atoms with Crippen LogP contribution in [0.3, 0.4) is 0 Å². The topological polar surface area (TPSA) is 49.3 Å². The Balaban J connectivity index is 2.44. The Bertz CT molecular complexity index is 342. The Labute approximate surface area is 100 Å². The molecule has 1 aromatic rings.